The average Bonchev–Trinajstić information content (AvgIpc) is 2.79. The van der Waals surface area contributed by atoms with Crippen molar-refractivity contribution in [3.63, 3.8) is 0 Å². The van der Waals surface area contributed by atoms with E-state index in [1.807, 2.05) is 12.1 Å². The van der Waals surface area contributed by atoms with Gasteiger partial charge >= 0.3 is 0 Å². The fraction of sp³-hybridized carbons (Fsp3) is 0. The second kappa shape index (κ2) is 5.66. The maximum atomic E-state index is 9.23. The van der Waals surface area contributed by atoms with Gasteiger partial charge in [-0.05, 0) is 23.8 Å². The first kappa shape index (κ1) is 14.0. The van der Waals surface area contributed by atoms with Gasteiger partial charge in [0.05, 0.1) is 11.3 Å². The molecular formula is C13H7Cl2N5. The molecule has 0 saturated heterocycles. The zero-order chi connectivity index (χ0) is 14.7. The summed E-state index contributed by atoms with van der Waals surface area (Å²) in [5.41, 5.74) is 6.74. The van der Waals surface area contributed by atoms with Gasteiger partial charge in [0.1, 0.15) is 17.7 Å². The van der Waals surface area contributed by atoms with Gasteiger partial charge in [0.15, 0.2) is 5.82 Å². The summed E-state index contributed by atoms with van der Waals surface area (Å²) in [6, 6.07) is 8.79. The van der Waals surface area contributed by atoms with Crippen LogP contribution >= 0.6 is 23.2 Å². The predicted molar refractivity (Wildman–Crippen MR) is 77.7 cm³/mol. The first-order chi connectivity index (χ1) is 9.56. The summed E-state index contributed by atoms with van der Waals surface area (Å²) in [6.07, 6.45) is 1.53. The van der Waals surface area contributed by atoms with Crippen molar-refractivity contribution in [2.24, 2.45) is 0 Å². The largest absolute Gasteiger partial charge is 0.381 e. The Morgan fingerprint density at radius 1 is 1.35 bits per heavy atom. The first-order valence-corrected chi connectivity index (χ1v) is 6.13. The number of nitriles is 2. The van der Waals surface area contributed by atoms with Crippen LogP contribution in [0.15, 0.2) is 18.2 Å². The van der Waals surface area contributed by atoms with Crippen molar-refractivity contribution < 1.29 is 0 Å². The minimum atomic E-state index is 0.0471. The molecule has 0 aliphatic carbocycles. The Balaban J connectivity index is 2.56. The molecule has 0 spiro atoms. The number of rotatable bonds is 2. The molecule has 0 atom stereocenters. The fourth-order valence-electron chi connectivity index (χ4n) is 1.60. The summed E-state index contributed by atoms with van der Waals surface area (Å²) < 4.78 is 0. The number of aromatic nitrogens is 2. The van der Waals surface area contributed by atoms with Crippen LogP contribution in [0.4, 0.5) is 5.82 Å². The van der Waals surface area contributed by atoms with Crippen molar-refractivity contribution in [3.05, 3.63) is 45.1 Å². The Kier molecular flexibility index (Phi) is 3.95. The first-order valence-electron chi connectivity index (χ1n) is 5.38. The zero-order valence-electron chi connectivity index (χ0n) is 9.98. The van der Waals surface area contributed by atoms with Crippen LogP contribution in [0.2, 0.25) is 10.0 Å². The summed E-state index contributed by atoms with van der Waals surface area (Å²) in [4.78, 5) is 0. The van der Waals surface area contributed by atoms with Gasteiger partial charge in [-0.25, -0.2) is 0 Å². The van der Waals surface area contributed by atoms with Crippen LogP contribution in [-0.2, 0) is 0 Å². The van der Waals surface area contributed by atoms with Crippen molar-refractivity contribution >= 4 is 40.7 Å². The molecular weight excluding hydrogens is 297 g/mol. The number of hydrogen-bond donors (Lipinski definition) is 2. The molecule has 0 fully saturated rings. The lowest BCUT2D eigenvalue weighted by Gasteiger charge is -2.01. The molecule has 2 rings (SSSR count). The van der Waals surface area contributed by atoms with Crippen LogP contribution in [0.1, 0.15) is 16.8 Å². The fourth-order valence-corrected chi connectivity index (χ4v) is 2.06. The number of benzene rings is 1. The maximum Gasteiger partial charge on any atom is 0.163 e. The van der Waals surface area contributed by atoms with Crippen molar-refractivity contribution in [2.45, 2.75) is 0 Å². The van der Waals surface area contributed by atoms with Crippen LogP contribution in [0.5, 0.6) is 0 Å². The van der Waals surface area contributed by atoms with E-state index in [4.69, 9.17) is 34.2 Å². The number of aromatic amines is 1. The van der Waals surface area contributed by atoms with Crippen LogP contribution in [-0.4, -0.2) is 10.2 Å². The van der Waals surface area contributed by atoms with Crippen molar-refractivity contribution in [3.8, 4) is 12.1 Å². The van der Waals surface area contributed by atoms with E-state index in [2.05, 4.69) is 10.2 Å². The second-order valence-corrected chi connectivity index (χ2v) is 4.65. The van der Waals surface area contributed by atoms with Gasteiger partial charge in [-0.3, -0.25) is 5.10 Å². The third-order valence-corrected chi connectivity index (χ3v) is 3.12. The molecule has 1 aromatic heterocycles. The van der Waals surface area contributed by atoms with E-state index in [0.717, 1.165) is 0 Å². The normalized spacial score (nSPS) is 10.9. The minimum Gasteiger partial charge on any atom is -0.381 e. The van der Waals surface area contributed by atoms with E-state index in [-0.39, 0.29) is 22.6 Å². The van der Waals surface area contributed by atoms with Gasteiger partial charge in [-0.1, -0.05) is 29.3 Å². The molecule has 7 heteroatoms. The molecule has 1 heterocycles. The summed E-state index contributed by atoms with van der Waals surface area (Å²) in [5, 5.41) is 25.4. The number of H-pyrrole nitrogens is 1. The number of nitrogen functional groups attached to an aromatic ring is 1. The predicted octanol–water partition coefficient (Wildman–Crippen LogP) is 3.23. The zero-order valence-corrected chi connectivity index (χ0v) is 11.5. The van der Waals surface area contributed by atoms with Crippen molar-refractivity contribution in [1.82, 2.24) is 10.2 Å². The van der Waals surface area contributed by atoms with Gasteiger partial charge in [-0.15, -0.1) is 0 Å². The van der Waals surface area contributed by atoms with Crippen LogP contribution in [0.25, 0.3) is 11.6 Å². The van der Waals surface area contributed by atoms with Crippen molar-refractivity contribution in [2.75, 3.05) is 5.73 Å². The molecule has 0 radical (unpaired) electrons. The number of nitrogens with one attached hydrogen (secondary N) is 1. The lowest BCUT2D eigenvalue weighted by atomic mass is 10.1. The summed E-state index contributed by atoms with van der Waals surface area (Å²) in [6.45, 7) is 0. The molecule has 0 amide bonds. The number of nitrogens with two attached hydrogens (primary N) is 1. The molecule has 1 aromatic carbocycles. The highest BCUT2D eigenvalue weighted by Crippen LogP contribution is 2.27. The summed E-state index contributed by atoms with van der Waals surface area (Å²) in [5.74, 6) is 0.0471. The number of hydrogen-bond acceptors (Lipinski definition) is 4. The Morgan fingerprint density at radius 2 is 2.10 bits per heavy atom. The van der Waals surface area contributed by atoms with Crippen LogP contribution < -0.4 is 5.73 Å². The van der Waals surface area contributed by atoms with E-state index in [1.165, 1.54) is 6.08 Å². The third kappa shape index (κ3) is 2.60. The molecule has 20 heavy (non-hydrogen) atoms. The average molecular weight is 304 g/mol. The monoisotopic (exact) mass is 303 g/mol. The summed E-state index contributed by atoms with van der Waals surface area (Å²) >= 11 is 11.9. The van der Waals surface area contributed by atoms with Gasteiger partial charge < -0.3 is 5.73 Å². The molecule has 0 saturated carbocycles. The Labute approximate surface area is 124 Å². The molecule has 0 bridgehead atoms. The third-order valence-electron chi connectivity index (χ3n) is 2.56. The smallest absolute Gasteiger partial charge is 0.163 e. The van der Waals surface area contributed by atoms with E-state index in [9.17, 15) is 5.26 Å². The second-order valence-electron chi connectivity index (χ2n) is 3.81. The molecule has 5 nitrogen and oxygen atoms in total. The van der Waals surface area contributed by atoms with Crippen LogP contribution in [0.3, 0.4) is 0 Å². The molecule has 2 aromatic rings. The number of allylic oxidation sites excluding steroid dienone is 1. The van der Waals surface area contributed by atoms with Gasteiger partial charge in [0, 0.05) is 10.0 Å². The minimum absolute atomic E-state index is 0.0471. The van der Waals surface area contributed by atoms with Gasteiger partial charge in [0.25, 0.3) is 0 Å². The standard InChI is InChI=1S/C13H7Cl2N5/c14-9-2-1-7(11(15)4-9)3-8(5-16)12-10(6-17)13(18)20-19-12/h1-4H,(H3,18,19,20). The Morgan fingerprint density at radius 3 is 2.70 bits per heavy atom. The SMILES string of the molecule is N#CC(=Cc1ccc(Cl)cc1Cl)c1[nH]nc(N)c1C#N. The quantitative estimate of drug-likeness (QED) is 0.831. The Bertz CT molecular complexity index is 777. The van der Waals surface area contributed by atoms with E-state index in [0.29, 0.717) is 15.6 Å². The van der Waals surface area contributed by atoms with E-state index in [1.54, 1.807) is 18.2 Å². The Hall–Kier alpha value is -2.47. The summed E-state index contributed by atoms with van der Waals surface area (Å²) in [7, 11) is 0. The highest BCUT2D eigenvalue weighted by molar-refractivity contribution is 6.35. The van der Waals surface area contributed by atoms with Crippen molar-refractivity contribution in [1.29, 1.82) is 10.5 Å². The molecule has 0 unspecified atom stereocenters. The number of nitrogens with zero attached hydrogens (tertiary/aromatic N) is 3. The van der Waals surface area contributed by atoms with Crippen LogP contribution in [0, 0.1) is 22.7 Å². The van der Waals surface area contributed by atoms with Gasteiger partial charge in [-0.2, -0.15) is 15.6 Å². The topological polar surface area (TPSA) is 102 Å². The highest BCUT2D eigenvalue weighted by Gasteiger charge is 2.14. The van der Waals surface area contributed by atoms with E-state index >= 15 is 0 Å². The molecule has 98 valence electrons. The molecule has 3 N–H and O–H groups in total. The lowest BCUT2D eigenvalue weighted by Crippen LogP contribution is -1.90. The van der Waals surface area contributed by atoms with Gasteiger partial charge in [0.2, 0.25) is 0 Å². The number of halogens is 2. The molecule has 0 aliphatic heterocycles. The number of anilines is 1. The highest BCUT2D eigenvalue weighted by atomic mass is 35.5. The molecule has 0 aliphatic rings. The lowest BCUT2D eigenvalue weighted by molar-refractivity contribution is 1.08. The van der Waals surface area contributed by atoms with E-state index < -0.39 is 0 Å². The maximum absolute atomic E-state index is 9.23.